The first-order valence-electron chi connectivity index (χ1n) is 7.97. The smallest absolute Gasteiger partial charge is 0.00313 e. The van der Waals surface area contributed by atoms with E-state index >= 15 is 0 Å². The Bertz CT molecular complexity index is 112. The minimum absolute atomic E-state index is 0. The molecule has 0 rings (SSSR count). The number of unbranched alkanes of at least 4 members (excludes halogenated alkanes) is 13. The molecule has 18 heavy (non-hydrogen) atoms. The third-order valence-electron chi connectivity index (χ3n) is 3.49. The monoisotopic (exact) mass is 384 g/mol. The Balaban J connectivity index is 0. The molecule has 0 fully saturated rings. The van der Waals surface area contributed by atoms with E-state index in [0.717, 1.165) is 0 Å². The van der Waals surface area contributed by atoms with Crippen LogP contribution in [0.4, 0.5) is 0 Å². The van der Waals surface area contributed by atoms with Gasteiger partial charge in [0.15, 0.2) is 0 Å². The highest BCUT2D eigenvalue weighted by Crippen LogP contribution is 2.12. The summed E-state index contributed by atoms with van der Waals surface area (Å²) in [5, 5.41) is 1.19. The molecule has 0 amide bonds. The summed E-state index contributed by atoms with van der Waals surface area (Å²) >= 11 is 3.48. The van der Waals surface area contributed by atoms with Crippen LogP contribution in [0.3, 0.4) is 0 Å². The minimum Gasteiger partial charge on any atom is -0.114 e. The van der Waals surface area contributed by atoms with Crippen molar-refractivity contribution in [2.45, 2.75) is 96.8 Å². The molecule has 0 aromatic carbocycles. The minimum atomic E-state index is 0. The van der Waals surface area contributed by atoms with Gasteiger partial charge in [0.2, 0.25) is 0 Å². The quantitative estimate of drug-likeness (QED) is 0.215. The normalized spacial score (nSPS) is 10.3. The summed E-state index contributed by atoms with van der Waals surface area (Å²) in [6, 6.07) is 0. The van der Waals surface area contributed by atoms with Crippen molar-refractivity contribution in [2.75, 3.05) is 5.33 Å². The molecule has 0 aliphatic rings. The van der Waals surface area contributed by atoms with Gasteiger partial charge in [-0.2, -0.15) is 0 Å². The van der Waals surface area contributed by atoms with Crippen LogP contribution < -0.4 is 0 Å². The maximum Gasteiger partial charge on any atom is 0.00313 e. The van der Waals surface area contributed by atoms with Crippen molar-refractivity contribution < 1.29 is 0 Å². The highest BCUT2D eigenvalue weighted by atomic mass is 79.9. The van der Waals surface area contributed by atoms with E-state index in [0.29, 0.717) is 0 Å². The summed E-state index contributed by atoms with van der Waals surface area (Å²) in [4.78, 5) is 0. The van der Waals surface area contributed by atoms with Crippen molar-refractivity contribution in [3.63, 3.8) is 0 Å². The van der Waals surface area contributed by atoms with Gasteiger partial charge in [-0.1, -0.05) is 106 Å². The zero-order chi connectivity index (χ0) is 12.6. The summed E-state index contributed by atoms with van der Waals surface area (Å²) in [6.45, 7) is 2.29. The van der Waals surface area contributed by atoms with E-state index in [1.165, 1.54) is 95.2 Å². The zero-order valence-corrected chi connectivity index (χ0v) is 15.7. The van der Waals surface area contributed by atoms with Crippen molar-refractivity contribution in [1.29, 1.82) is 0 Å². The standard InChI is InChI=1S/C16H33Br.BrH/c1-2-3-4-5-6-7-8-9-10-11-12-13-14-15-16-17;/h2-16H2,1H3;1H. The van der Waals surface area contributed by atoms with Crippen LogP contribution in [0.15, 0.2) is 0 Å². The largest absolute Gasteiger partial charge is 0.114 e. The fourth-order valence-corrected chi connectivity index (χ4v) is 2.69. The summed E-state index contributed by atoms with van der Waals surface area (Å²) in [5.41, 5.74) is 0. The van der Waals surface area contributed by atoms with Gasteiger partial charge in [0.05, 0.1) is 0 Å². The Morgan fingerprint density at radius 1 is 0.500 bits per heavy atom. The summed E-state index contributed by atoms with van der Waals surface area (Å²) < 4.78 is 0. The molecule has 112 valence electrons. The molecule has 0 aromatic rings. The van der Waals surface area contributed by atoms with Crippen molar-refractivity contribution in [3.05, 3.63) is 0 Å². The van der Waals surface area contributed by atoms with Crippen LogP contribution in [-0.4, -0.2) is 5.33 Å². The maximum absolute atomic E-state index is 3.48. The van der Waals surface area contributed by atoms with Crippen molar-refractivity contribution in [3.8, 4) is 0 Å². The van der Waals surface area contributed by atoms with Crippen LogP contribution in [0.5, 0.6) is 0 Å². The van der Waals surface area contributed by atoms with Gasteiger partial charge < -0.3 is 0 Å². The molecule has 0 spiro atoms. The van der Waals surface area contributed by atoms with Gasteiger partial charge in [0, 0.05) is 5.33 Å². The van der Waals surface area contributed by atoms with E-state index in [4.69, 9.17) is 0 Å². The molecule has 0 saturated heterocycles. The molecule has 0 atom stereocenters. The van der Waals surface area contributed by atoms with Crippen LogP contribution in [0.25, 0.3) is 0 Å². The lowest BCUT2D eigenvalue weighted by Gasteiger charge is -2.02. The molecule has 0 aliphatic carbocycles. The van der Waals surface area contributed by atoms with Gasteiger partial charge >= 0.3 is 0 Å². The van der Waals surface area contributed by atoms with Gasteiger partial charge in [-0.25, -0.2) is 0 Å². The molecular weight excluding hydrogens is 352 g/mol. The van der Waals surface area contributed by atoms with E-state index in [-0.39, 0.29) is 17.0 Å². The second kappa shape index (κ2) is 20.3. The number of halogens is 2. The Morgan fingerprint density at radius 3 is 1.06 bits per heavy atom. The SMILES string of the molecule is Br.CCCCCCCCCCCCCCCCBr. The van der Waals surface area contributed by atoms with Crippen LogP contribution >= 0.6 is 32.9 Å². The Hall–Kier alpha value is 0.960. The first-order valence-corrected chi connectivity index (χ1v) is 9.10. The molecule has 0 aliphatic heterocycles. The molecule has 0 unspecified atom stereocenters. The molecule has 2 heteroatoms. The van der Waals surface area contributed by atoms with Crippen LogP contribution in [-0.2, 0) is 0 Å². The third kappa shape index (κ3) is 19.3. The third-order valence-corrected chi connectivity index (χ3v) is 4.05. The summed E-state index contributed by atoms with van der Waals surface area (Å²) in [6.07, 6.45) is 20.3. The molecule has 0 saturated carbocycles. The number of hydrogen-bond acceptors (Lipinski definition) is 0. The molecule has 0 aromatic heterocycles. The lowest BCUT2D eigenvalue weighted by Crippen LogP contribution is -1.83. The van der Waals surface area contributed by atoms with Crippen LogP contribution in [0, 0.1) is 0 Å². The highest BCUT2D eigenvalue weighted by Gasteiger charge is 1.93. The molecule has 0 N–H and O–H groups in total. The van der Waals surface area contributed by atoms with E-state index < -0.39 is 0 Å². The van der Waals surface area contributed by atoms with Gasteiger partial charge in [0.1, 0.15) is 0 Å². The van der Waals surface area contributed by atoms with E-state index in [1.54, 1.807) is 0 Å². The van der Waals surface area contributed by atoms with Crippen LogP contribution in [0.1, 0.15) is 96.8 Å². The molecule has 0 radical (unpaired) electrons. The van der Waals surface area contributed by atoms with E-state index in [1.807, 2.05) is 0 Å². The van der Waals surface area contributed by atoms with Gasteiger partial charge in [-0.3, -0.25) is 0 Å². The summed E-state index contributed by atoms with van der Waals surface area (Å²) in [7, 11) is 0. The summed E-state index contributed by atoms with van der Waals surface area (Å²) in [5.74, 6) is 0. The maximum atomic E-state index is 3.48. The zero-order valence-electron chi connectivity index (χ0n) is 12.4. The Morgan fingerprint density at radius 2 is 0.778 bits per heavy atom. The van der Waals surface area contributed by atoms with Gasteiger partial charge in [-0.05, 0) is 6.42 Å². The van der Waals surface area contributed by atoms with Crippen molar-refractivity contribution in [1.82, 2.24) is 0 Å². The van der Waals surface area contributed by atoms with Crippen molar-refractivity contribution >= 4 is 32.9 Å². The highest BCUT2D eigenvalue weighted by molar-refractivity contribution is 9.09. The lowest BCUT2D eigenvalue weighted by molar-refractivity contribution is 0.538. The first kappa shape index (κ1) is 21.3. The lowest BCUT2D eigenvalue weighted by atomic mass is 10.0. The van der Waals surface area contributed by atoms with E-state index in [2.05, 4.69) is 22.9 Å². The van der Waals surface area contributed by atoms with Gasteiger partial charge in [-0.15, -0.1) is 17.0 Å². The fourth-order valence-electron chi connectivity index (χ4n) is 2.29. The Labute approximate surface area is 135 Å². The fraction of sp³-hybridized carbons (Fsp3) is 1.00. The topological polar surface area (TPSA) is 0 Å². The predicted octanol–water partition coefficient (Wildman–Crippen LogP) is 7.44. The predicted molar refractivity (Wildman–Crippen MR) is 94.4 cm³/mol. The van der Waals surface area contributed by atoms with E-state index in [9.17, 15) is 0 Å². The first-order chi connectivity index (χ1) is 8.41. The molecule has 0 bridgehead atoms. The molecule has 0 nitrogen and oxygen atoms in total. The number of rotatable bonds is 14. The van der Waals surface area contributed by atoms with Gasteiger partial charge in [0.25, 0.3) is 0 Å². The second-order valence-corrected chi connectivity index (χ2v) is 6.08. The Kier molecular flexibility index (Phi) is 24.0. The molecule has 0 heterocycles. The van der Waals surface area contributed by atoms with Crippen LogP contribution in [0.2, 0.25) is 0 Å². The number of alkyl halides is 1. The van der Waals surface area contributed by atoms with Crippen molar-refractivity contribution in [2.24, 2.45) is 0 Å². The number of hydrogen-bond donors (Lipinski definition) is 0. The second-order valence-electron chi connectivity index (χ2n) is 5.29. The average Bonchev–Trinajstić information content (AvgIpc) is 2.35. The average molecular weight is 386 g/mol. The molecular formula is C16H34Br2.